The molecule has 6 aliphatic rings. The van der Waals surface area contributed by atoms with E-state index in [9.17, 15) is 51.1 Å². The standard InChI is InChI=1S/C43H74O14/c1-21(2)11-10-14-43(9,57-36-34(52)32(50)30(48)25(19-45)55-36)22-12-16-40(6)28(22)23(46)17-26-39(5)15-13-27(38(3,4)37(39)42(8,53)20-41(26,40)7)56-35-33(51)31(49)29(47)24(18-44)54-35/h11,22-37,44-53H,10,12-20H2,1-9H3/t22-,23+,24+,25+,26+,27-,28-,29+,30+,31-,32-,33+,34+,35-,36-,37-,39+,40+,41+,42-,43-/m0/s1. The zero-order valence-electron chi connectivity index (χ0n) is 35.5. The lowest BCUT2D eigenvalue weighted by Crippen LogP contribution is -2.73. The van der Waals surface area contributed by atoms with Crippen LogP contribution in [-0.4, -0.2) is 149 Å². The Labute approximate surface area is 338 Å². The van der Waals surface area contributed by atoms with Gasteiger partial charge in [-0.1, -0.05) is 46.3 Å². The molecule has 2 heterocycles. The Bertz CT molecular complexity index is 1450. The van der Waals surface area contributed by atoms with E-state index in [0.29, 0.717) is 44.9 Å². The lowest BCUT2D eigenvalue weighted by molar-refractivity contribution is -0.348. The third-order valence-electron chi connectivity index (χ3n) is 16.8. The molecule has 21 atom stereocenters. The van der Waals surface area contributed by atoms with Crippen LogP contribution < -0.4 is 0 Å². The van der Waals surface area contributed by atoms with E-state index >= 15 is 0 Å². The summed E-state index contributed by atoms with van der Waals surface area (Å²) in [7, 11) is 0. The Morgan fingerprint density at radius 1 is 0.754 bits per heavy atom. The Morgan fingerprint density at radius 2 is 1.32 bits per heavy atom. The predicted molar refractivity (Wildman–Crippen MR) is 207 cm³/mol. The van der Waals surface area contributed by atoms with Gasteiger partial charge in [0, 0.05) is 5.92 Å². The summed E-state index contributed by atoms with van der Waals surface area (Å²) in [5.74, 6) is -0.772. The lowest BCUT2D eigenvalue weighted by Gasteiger charge is -2.74. The third-order valence-corrected chi connectivity index (χ3v) is 16.8. The number of ether oxygens (including phenoxy) is 4. The van der Waals surface area contributed by atoms with Crippen LogP contribution in [0.1, 0.15) is 114 Å². The summed E-state index contributed by atoms with van der Waals surface area (Å²) in [6.45, 7) is 17.7. The van der Waals surface area contributed by atoms with Crippen molar-refractivity contribution in [2.75, 3.05) is 13.2 Å². The normalized spacial score (nSPS) is 53.2. The average Bonchev–Trinajstić information content (AvgIpc) is 3.50. The van der Waals surface area contributed by atoms with Gasteiger partial charge in [0.25, 0.3) is 0 Å². The smallest absolute Gasteiger partial charge is 0.187 e. The molecule has 0 aromatic rings. The highest BCUT2D eigenvalue weighted by molar-refractivity contribution is 5.24. The van der Waals surface area contributed by atoms with Gasteiger partial charge in [-0.25, -0.2) is 0 Å². The molecule has 10 N–H and O–H groups in total. The molecule has 0 amide bonds. The summed E-state index contributed by atoms with van der Waals surface area (Å²) in [6.07, 6.45) is -8.46. The number of hydrogen-bond donors (Lipinski definition) is 10. The zero-order chi connectivity index (χ0) is 42.4. The SMILES string of the molecule is CC(C)=CCC[C@](C)(O[C@@H]1O[C@H](CO)[C@@H](O)[C@H](O)[C@H]1O)[C@H]1CC[C@]2(C)[C@@H]1[C@H](O)C[C@@H]1[C@@]3(C)CC[C@H](O[C@@H]4O[C@H](CO)[C@@H](O)[C@H](O)[C@H]4O)C(C)(C)[C@@H]3[C@@](C)(O)C[C@]12C. The summed E-state index contributed by atoms with van der Waals surface area (Å²) in [5.41, 5.74) is -3.06. The molecule has 4 aliphatic carbocycles. The molecular formula is C43H74O14. The van der Waals surface area contributed by atoms with Crippen molar-refractivity contribution in [3.63, 3.8) is 0 Å². The third kappa shape index (κ3) is 7.30. The number of aliphatic hydroxyl groups excluding tert-OH is 9. The van der Waals surface area contributed by atoms with Gasteiger partial charge in [0.05, 0.1) is 36.6 Å². The van der Waals surface area contributed by atoms with Crippen LogP contribution >= 0.6 is 0 Å². The molecule has 6 fully saturated rings. The maximum absolute atomic E-state index is 12.9. The summed E-state index contributed by atoms with van der Waals surface area (Å²) in [5, 5.41) is 109. The topological polar surface area (TPSA) is 239 Å². The minimum Gasteiger partial charge on any atom is -0.394 e. The van der Waals surface area contributed by atoms with Gasteiger partial charge in [-0.15, -0.1) is 0 Å². The molecule has 0 radical (unpaired) electrons. The van der Waals surface area contributed by atoms with Crippen LogP contribution in [0.5, 0.6) is 0 Å². The predicted octanol–water partition coefficient (Wildman–Crippen LogP) is 1.51. The molecule has 4 saturated carbocycles. The molecule has 330 valence electrons. The van der Waals surface area contributed by atoms with Crippen LogP contribution in [0.2, 0.25) is 0 Å². The second-order valence-electron chi connectivity index (χ2n) is 21.0. The van der Waals surface area contributed by atoms with Crippen molar-refractivity contribution in [3.05, 3.63) is 11.6 Å². The molecule has 0 bridgehead atoms. The maximum Gasteiger partial charge on any atom is 0.187 e. The zero-order valence-corrected chi connectivity index (χ0v) is 35.5. The van der Waals surface area contributed by atoms with Crippen LogP contribution in [0.25, 0.3) is 0 Å². The minimum absolute atomic E-state index is 0.000931. The van der Waals surface area contributed by atoms with Gasteiger partial charge >= 0.3 is 0 Å². The molecule has 0 spiro atoms. The van der Waals surface area contributed by atoms with Crippen LogP contribution in [0.3, 0.4) is 0 Å². The van der Waals surface area contributed by atoms with Crippen LogP contribution in [0, 0.1) is 45.3 Å². The molecule has 0 aromatic carbocycles. The second-order valence-corrected chi connectivity index (χ2v) is 21.0. The van der Waals surface area contributed by atoms with Crippen molar-refractivity contribution in [2.24, 2.45) is 45.3 Å². The fourth-order valence-corrected chi connectivity index (χ4v) is 14.4. The van der Waals surface area contributed by atoms with E-state index in [0.717, 1.165) is 12.0 Å². The Hall–Kier alpha value is -0.820. The Kier molecular flexibility index (Phi) is 12.7. The summed E-state index contributed by atoms with van der Waals surface area (Å²) < 4.78 is 24.9. The molecule has 0 unspecified atom stereocenters. The van der Waals surface area contributed by atoms with Crippen molar-refractivity contribution < 1.29 is 70.0 Å². The number of hydrogen-bond acceptors (Lipinski definition) is 14. The largest absolute Gasteiger partial charge is 0.394 e. The molecule has 14 nitrogen and oxygen atoms in total. The van der Waals surface area contributed by atoms with Gasteiger partial charge in [0.15, 0.2) is 12.6 Å². The summed E-state index contributed by atoms with van der Waals surface area (Å²) in [6, 6.07) is 0. The van der Waals surface area contributed by atoms with Crippen LogP contribution in [-0.2, 0) is 18.9 Å². The lowest BCUT2D eigenvalue weighted by atomic mass is 9.32. The fourth-order valence-electron chi connectivity index (χ4n) is 14.4. The second kappa shape index (κ2) is 15.8. The first-order valence-corrected chi connectivity index (χ1v) is 21.3. The number of aliphatic hydroxyl groups is 10. The highest BCUT2D eigenvalue weighted by atomic mass is 16.7. The molecular weight excluding hydrogens is 740 g/mol. The molecule has 14 heteroatoms. The maximum atomic E-state index is 12.9. The van der Waals surface area contributed by atoms with Crippen molar-refractivity contribution in [2.45, 2.75) is 199 Å². The van der Waals surface area contributed by atoms with Gasteiger partial charge in [-0.3, -0.25) is 0 Å². The van der Waals surface area contributed by atoms with Crippen LogP contribution in [0.4, 0.5) is 0 Å². The average molecular weight is 815 g/mol. The van der Waals surface area contributed by atoms with E-state index in [4.69, 9.17) is 18.9 Å². The van der Waals surface area contributed by atoms with Crippen molar-refractivity contribution in [1.82, 2.24) is 0 Å². The van der Waals surface area contributed by atoms with Crippen molar-refractivity contribution in [3.8, 4) is 0 Å². The van der Waals surface area contributed by atoms with E-state index in [-0.39, 0.29) is 23.7 Å². The molecule has 2 aliphatic heterocycles. The van der Waals surface area contributed by atoms with E-state index in [2.05, 4.69) is 40.7 Å². The Morgan fingerprint density at radius 3 is 1.88 bits per heavy atom. The van der Waals surface area contributed by atoms with Gasteiger partial charge in [0.2, 0.25) is 0 Å². The van der Waals surface area contributed by atoms with E-state index in [1.165, 1.54) is 0 Å². The first-order chi connectivity index (χ1) is 26.3. The van der Waals surface area contributed by atoms with Crippen molar-refractivity contribution in [1.29, 1.82) is 0 Å². The van der Waals surface area contributed by atoms with Gasteiger partial charge in [-0.05, 0) is 118 Å². The minimum atomic E-state index is -1.59. The van der Waals surface area contributed by atoms with Crippen molar-refractivity contribution >= 4 is 0 Å². The first-order valence-electron chi connectivity index (χ1n) is 21.3. The number of fused-ring (bicyclic) bond motifs is 5. The van der Waals surface area contributed by atoms with Gasteiger partial charge < -0.3 is 70.0 Å². The summed E-state index contributed by atoms with van der Waals surface area (Å²) >= 11 is 0. The quantitative estimate of drug-likeness (QED) is 0.111. The van der Waals surface area contributed by atoms with Crippen LogP contribution in [0.15, 0.2) is 11.6 Å². The number of rotatable bonds is 10. The van der Waals surface area contributed by atoms with E-state index in [1.807, 2.05) is 27.7 Å². The summed E-state index contributed by atoms with van der Waals surface area (Å²) in [4.78, 5) is 0. The fraction of sp³-hybridized carbons (Fsp3) is 0.953. The monoisotopic (exact) mass is 815 g/mol. The Balaban J connectivity index is 1.31. The molecule has 6 rings (SSSR count). The van der Waals surface area contributed by atoms with E-state index < -0.39 is 120 Å². The highest BCUT2D eigenvalue weighted by Crippen LogP contribution is 2.77. The molecule has 0 aromatic heterocycles. The van der Waals surface area contributed by atoms with Gasteiger partial charge in [0.1, 0.15) is 48.8 Å². The molecule has 57 heavy (non-hydrogen) atoms. The van der Waals surface area contributed by atoms with E-state index in [1.54, 1.807) is 0 Å². The highest BCUT2D eigenvalue weighted by Gasteiger charge is 2.75. The molecule has 2 saturated heterocycles. The van der Waals surface area contributed by atoms with Gasteiger partial charge in [-0.2, -0.15) is 0 Å². The number of allylic oxidation sites excluding steroid dienone is 2. The first kappa shape index (κ1) is 45.7.